The number of carbonyl (C=O) groups excluding carboxylic acids is 1. The number of ketones is 1. The van der Waals surface area contributed by atoms with E-state index in [1.54, 1.807) is 6.07 Å². The molecule has 0 radical (unpaired) electrons. The first-order valence-electron chi connectivity index (χ1n) is 7.10. The molecule has 0 aliphatic heterocycles. The van der Waals surface area contributed by atoms with Crippen LogP contribution in [0.4, 0.5) is 5.69 Å². The van der Waals surface area contributed by atoms with Gasteiger partial charge in [-0.3, -0.25) is 4.79 Å². The third-order valence-electron chi connectivity index (χ3n) is 3.76. The second kappa shape index (κ2) is 5.91. The summed E-state index contributed by atoms with van der Waals surface area (Å²) < 4.78 is 0. The fraction of sp³-hybridized carbons (Fsp3) is 0.278. The van der Waals surface area contributed by atoms with Crippen LogP contribution in [-0.2, 0) is 12.8 Å². The number of anilines is 1. The van der Waals surface area contributed by atoms with Crippen LogP contribution in [0.25, 0.3) is 0 Å². The average molecular weight is 267 g/mol. The Morgan fingerprint density at radius 3 is 2.35 bits per heavy atom. The molecule has 0 bridgehead atoms. The normalized spacial score (nSPS) is 10.6. The summed E-state index contributed by atoms with van der Waals surface area (Å²) in [7, 11) is 0. The minimum Gasteiger partial charge on any atom is -0.398 e. The molecule has 0 aliphatic rings. The summed E-state index contributed by atoms with van der Waals surface area (Å²) in [5.41, 5.74) is 11.3. The molecular formula is C18H21NO. The second-order valence-corrected chi connectivity index (χ2v) is 5.06. The number of carbonyl (C=O) groups is 1. The number of nitrogen functional groups attached to an aromatic ring is 1. The highest BCUT2D eigenvalue weighted by Gasteiger charge is 2.15. The topological polar surface area (TPSA) is 43.1 Å². The van der Waals surface area contributed by atoms with Crippen LogP contribution >= 0.6 is 0 Å². The molecule has 0 aromatic heterocycles. The zero-order valence-electron chi connectivity index (χ0n) is 12.4. The van der Waals surface area contributed by atoms with Gasteiger partial charge in [0.1, 0.15) is 0 Å². The maximum absolute atomic E-state index is 12.7. The highest BCUT2D eigenvalue weighted by atomic mass is 16.1. The molecule has 0 atom stereocenters. The highest BCUT2D eigenvalue weighted by Crippen LogP contribution is 2.22. The minimum absolute atomic E-state index is 0.0120. The second-order valence-electron chi connectivity index (χ2n) is 5.06. The lowest BCUT2D eigenvalue weighted by Gasteiger charge is -2.11. The van der Waals surface area contributed by atoms with E-state index in [0.717, 1.165) is 24.0 Å². The van der Waals surface area contributed by atoms with Gasteiger partial charge in [-0.15, -0.1) is 0 Å². The van der Waals surface area contributed by atoms with E-state index in [2.05, 4.69) is 19.9 Å². The van der Waals surface area contributed by atoms with Crippen LogP contribution in [0.3, 0.4) is 0 Å². The summed E-state index contributed by atoms with van der Waals surface area (Å²) >= 11 is 0. The third-order valence-corrected chi connectivity index (χ3v) is 3.76. The highest BCUT2D eigenvalue weighted by molar-refractivity contribution is 6.13. The van der Waals surface area contributed by atoms with Crippen molar-refractivity contribution in [1.82, 2.24) is 0 Å². The van der Waals surface area contributed by atoms with Gasteiger partial charge in [0.25, 0.3) is 0 Å². The van der Waals surface area contributed by atoms with Crippen LogP contribution in [-0.4, -0.2) is 5.78 Å². The Morgan fingerprint density at radius 1 is 1.05 bits per heavy atom. The summed E-state index contributed by atoms with van der Waals surface area (Å²) in [4.78, 5) is 12.7. The predicted molar refractivity (Wildman–Crippen MR) is 84.2 cm³/mol. The van der Waals surface area contributed by atoms with Crippen molar-refractivity contribution < 1.29 is 4.79 Å². The van der Waals surface area contributed by atoms with Crippen molar-refractivity contribution in [3.8, 4) is 0 Å². The zero-order valence-corrected chi connectivity index (χ0v) is 12.4. The van der Waals surface area contributed by atoms with Crippen molar-refractivity contribution in [2.24, 2.45) is 0 Å². The average Bonchev–Trinajstić information content (AvgIpc) is 2.46. The fourth-order valence-corrected chi connectivity index (χ4v) is 2.59. The van der Waals surface area contributed by atoms with Gasteiger partial charge in [-0.05, 0) is 48.6 Å². The van der Waals surface area contributed by atoms with Gasteiger partial charge < -0.3 is 5.73 Å². The van der Waals surface area contributed by atoms with Crippen LogP contribution in [0.5, 0.6) is 0 Å². The zero-order chi connectivity index (χ0) is 14.7. The summed E-state index contributed by atoms with van der Waals surface area (Å²) in [5, 5.41) is 0. The molecule has 0 fully saturated rings. The molecule has 2 heteroatoms. The quantitative estimate of drug-likeness (QED) is 0.673. The lowest BCUT2D eigenvalue weighted by molar-refractivity contribution is 0.103. The molecular weight excluding hydrogens is 246 g/mol. The molecule has 0 spiro atoms. The fourth-order valence-electron chi connectivity index (χ4n) is 2.59. The van der Waals surface area contributed by atoms with E-state index in [9.17, 15) is 4.79 Å². The first-order chi connectivity index (χ1) is 9.58. The van der Waals surface area contributed by atoms with Crippen LogP contribution in [0, 0.1) is 6.92 Å². The van der Waals surface area contributed by atoms with Gasteiger partial charge in [-0.25, -0.2) is 0 Å². The summed E-state index contributed by atoms with van der Waals surface area (Å²) in [6.07, 6.45) is 1.93. The molecule has 0 unspecified atom stereocenters. The molecule has 2 N–H and O–H groups in total. The number of nitrogens with two attached hydrogens (primary N) is 1. The molecule has 2 rings (SSSR count). The molecule has 2 aromatic carbocycles. The van der Waals surface area contributed by atoms with E-state index in [4.69, 9.17) is 5.73 Å². The Hall–Kier alpha value is -2.09. The summed E-state index contributed by atoms with van der Waals surface area (Å²) in [6.45, 7) is 6.17. The van der Waals surface area contributed by atoms with Gasteiger partial charge in [-0.1, -0.05) is 38.1 Å². The predicted octanol–water partition coefficient (Wildman–Crippen LogP) is 3.93. The van der Waals surface area contributed by atoms with Crippen molar-refractivity contribution >= 4 is 11.5 Å². The molecule has 0 heterocycles. The molecule has 20 heavy (non-hydrogen) atoms. The molecule has 0 amide bonds. The first kappa shape index (κ1) is 14.3. The van der Waals surface area contributed by atoms with Crippen LogP contribution in [0.2, 0.25) is 0 Å². The van der Waals surface area contributed by atoms with Gasteiger partial charge in [0.15, 0.2) is 5.78 Å². The number of rotatable bonds is 4. The number of aryl methyl sites for hydroxylation is 3. The van der Waals surface area contributed by atoms with E-state index < -0.39 is 0 Å². The Balaban J connectivity index is 2.49. The molecule has 0 aliphatic carbocycles. The SMILES string of the molecule is CCc1ccc(C(=O)c2c(C)cccc2N)cc1CC. The molecule has 104 valence electrons. The van der Waals surface area contributed by atoms with Crippen molar-refractivity contribution in [3.63, 3.8) is 0 Å². The monoisotopic (exact) mass is 267 g/mol. The minimum atomic E-state index is 0.0120. The molecule has 2 nitrogen and oxygen atoms in total. The van der Waals surface area contributed by atoms with Crippen LogP contribution in [0.1, 0.15) is 46.5 Å². The Morgan fingerprint density at radius 2 is 1.75 bits per heavy atom. The molecule has 0 saturated heterocycles. The Kier molecular flexibility index (Phi) is 4.23. The largest absolute Gasteiger partial charge is 0.398 e. The number of benzene rings is 2. The van der Waals surface area contributed by atoms with Gasteiger partial charge >= 0.3 is 0 Å². The van der Waals surface area contributed by atoms with Gasteiger partial charge in [-0.2, -0.15) is 0 Å². The van der Waals surface area contributed by atoms with Crippen molar-refractivity contribution in [1.29, 1.82) is 0 Å². The Bertz CT molecular complexity index is 624. The van der Waals surface area contributed by atoms with E-state index in [1.807, 2.05) is 31.2 Å². The van der Waals surface area contributed by atoms with E-state index in [1.165, 1.54) is 11.1 Å². The molecule has 0 saturated carbocycles. The molecule has 2 aromatic rings. The van der Waals surface area contributed by atoms with Crippen LogP contribution < -0.4 is 5.73 Å². The first-order valence-corrected chi connectivity index (χ1v) is 7.10. The van der Waals surface area contributed by atoms with Gasteiger partial charge in [0.05, 0.1) is 0 Å². The van der Waals surface area contributed by atoms with Gasteiger partial charge in [0, 0.05) is 16.8 Å². The lowest BCUT2D eigenvalue weighted by atomic mass is 9.93. The van der Waals surface area contributed by atoms with E-state index >= 15 is 0 Å². The summed E-state index contributed by atoms with van der Waals surface area (Å²) in [5.74, 6) is 0.0120. The number of hydrogen-bond acceptors (Lipinski definition) is 2. The van der Waals surface area contributed by atoms with Crippen molar-refractivity contribution in [2.75, 3.05) is 5.73 Å². The maximum Gasteiger partial charge on any atom is 0.195 e. The van der Waals surface area contributed by atoms with E-state index in [0.29, 0.717) is 11.3 Å². The van der Waals surface area contributed by atoms with Crippen molar-refractivity contribution in [2.45, 2.75) is 33.6 Å². The lowest BCUT2D eigenvalue weighted by Crippen LogP contribution is -2.08. The number of hydrogen-bond donors (Lipinski definition) is 1. The Labute approximate surface area is 120 Å². The van der Waals surface area contributed by atoms with E-state index in [-0.39, 0.29) is 5.78 Å². The third kappa shape index (κ3) is 2.60. The maximum atomic E-state index is 12.7. The van der Waals surface area contributed by atoms with Crippen molar-refractivity contribution in [3.05, 3.63) is 64.2 Å². The standard InChI is InChI=1S/C18H21NO/c1-4-13-9-10-15(11-14(13)5-2)18(20)17-12(3)7-6-8-16(17)19/h6-11H,4-5,19H2,1-3H3. The smallest absolute Gasteiger partial charge is 0.195 e. The van der Waals surface area contributed by atoms with Crippen LogP contribution in [0.15, 0.2) is 36.4 Å². The summed E-state index contributed by atoms with van der Waals surface area (Å²) in [6, 6.07) is 11.5. The van der Waals surface area contributed by atoms with Gasteiger partial charge in [0.2, 0.25) is 0 Å².